The molecule has 0 aliphatic rings. The maximum atomic E-state index is 5.95. The van der Waals surface area contributed by atoms with E-state index in [0.29, 0.717) is 29.7 Å². The first kappa shape index (κ1) is 15.5. The fourth-order valence-corrected chi connectivity index (χ4v) is 2.66. The predicted molar refractivity (Wildman–Crippen MR) is 91.1 cm³/mol. The first-order chi connectivity index (χ1) is 12.2. The molecule has 0 radical (unpaired) electrons. The molecule has 128 valence electrons. The van der Waals surface area contributed by atoms with Crippen molar-refractivity contribution in [1.82, 2.24) is 20.1 Å². The summed E-state index contributed by atoms with van der Waals surface area (Å²) in [7, 11) is 3.49. The predicted octanol–water partition coefficient (Wildman–Crippen LogP) is 3.10. The lowest BCUT2D eigenvalue weighted by molar-refractivity contribution is 0.109. The van der Waals surface area contributed by atoms with Crippen molar-refractivity contribution >= 4 is 27.9 Å². The number of hydrogen-bond acceptors (Lipinski definition) is 8. The number of rotatable bonds is 5. The van der Waals surface area contributed by atoms with Crippen LogP contribution in [0.15, 0.2) is 39.5 Å². The highest BCUT2D eigenvalue weighted by molar-refractivity contribution is 6.05. The summed E-state index contributed by atoms with van der Waals surface area (Å²) in [5, 5.41) is 4.90. The molecule has 0 fully saturated rings. The molecule has 0 aliphatic heterocycles. The summed E-state index contributed by atoms with van der Waals surface area (Å²) in [5.41, 5.74) is 2.20. The number of anilines is 1. The Balaban J connectivity index is 1.68. The van der Waals surface area contributed by atoms with Gasteiger partial charge in [0.1, 0.15) is 23.5 Å². The van der Waals surface area contributed by atoms with Gasteiger partial charge in [0.15, 0.2) is 17.2 Å². The Kier molecular flexibility index (Phi) is 3.81. The molecule has 0 saturated heterocycles. The van der Waals surface area contributed by atoms with Gasteiger partial charge in [-0.15, -0.1) is 0 Å². The fraction of sp³-hybridized carbons (Fsp3) is 0.294. The second-order valence-corrected chi connectivity index (χ2v) is 5.75. The number of para-hydroxylation sites is 1. The van der Waals surface area contributed by atoms with Crippen LogP contribution >= 0.6 is 0 Å². The molecule has 0 saturated carbocycles. The third-order valence-electron chi connectivity index (χ3n) is 4.07. The number of fused-ring (bicyclic) bond motifs is 3. The van der Waals surface area contributed by atoms with E-state index >= 15 is 0 Å². The van der Waals surface area contributed by atoms with Crippen molar-refractivity contribution in [3.63, 3.8) is 0 Å². The molecule has 0 bridgehead atoms. The van der Waals surface area contributed by atoms with Gasteiger partial charge in [0, 0.05) is 19.5 Å². The van der Waals surface area contributed by atoms with Crippen LogP contribution in [0.3, 0.4) is 0 Å². The molecule has 4 aromatic rings. The number of benzene rings is 1. The van der Waals surface area contributed by atoms with Crippen LogP contribution in [0.4, 0.5) is 5.82 Å². The van der Waals surface area contributed by atoms with Gasteiger partial charge in [-0.05, 0) is 19.1 Å². The number of methoxy groups -OCH3 is 1. The molecule has 3 aromatic heterocycles. The highest BCUT2D eigenvalue weighted by Gasteiger charge is 2.19. The minimum atomic E-state index is -0.219. The van der Waals surface area contributed by atoms with Crippen molar-refractivity contribution in [2.45, 2.75) is 19.6 Å². The minimum absolute atomic E-state index is 0.219. The number of hydrogen-bond donors (Lipinski definition) is 0. The van der Waals surface area contributed by atoms with E-state index < -0.39 is 0 Å². The molecule has 0 aliphatic carbocycles. The van der Waals surface area contributed by atoms with E-state index in [2.05, 4.69) is 20.1 Å². The molecule has 0 N–H and O–H groups in total. The van der Waals surface area contributed by atoms with Gasteiger partial charge in [0.25, 0.3) is 0 Å². The summed E-state index contributed by atoms with van der Waals surface area (Å²) < 4.78 is 16.4. The maximum Gasteiger partial charge on any atom is 0.246 e. The SMILES string of the molecule is COC(C)c1noc(CN(C)c2ncnc3c2oc2ccccc23)n1. The molecule has 1 unspecified atom stereocenters. The summed E-state index contributed by atoms with van der Waals surface area (Å²) >= 11 is 0. The summed E-state index contributed by atoms with van der Waals surface area (Å²) in [4.78, 5) is 15.0. The van der Waals surface area contributed by atoms with E-state index in [0.717, 1.165) is 16.5 Å². The first-order valence-corrected chi connectivity index (χ1v) is 7.86. The van der Waals surface area contributed by atoms with Crippen molar-refractivity contribution in [1.29, 1.82) is 0 Å². The highest BCUT2D eigenvalue weighted by atomic mass is 16.5. The highest BCUT2D eigenvalue weighted by Crippen LogP contribution is 2.32. The lowest BCUT2D eigenvalue weighted by Gasteiger charge is -2.15. The van der Waals surface area contributed by atoms with E-state index in [9.17, 15) is 0 Å². The van der Waals surface area contributed by atoms with Gasteiger partial charge in [-0.2, -0.15) is 4.98 Å². The normalized spacial score (nSPS) is 12.8. The van der Waals surface area contributed by atoms with Gasteiger partial charge in [-0.1, -0.05) is 17.3 Å². The van der Waals surface area contributed by atoms with Crippen molar-refractivity contribution in [3.05, 3.63) is 42.3 Å². The van der Waals surface area contributed by atoms with Crippen LogP contribution in [-0.4, -0.2) is 34.3 Å². The Labute approximate surface area is 143 Å². The number of furan rings is 1. The molecule has 8 nitrogen and oxygen atoms in total. The molecular weight excluding hydrogens is 322 g/mol. The van der Waals surface area contributed by atoms with Crippen molar-refractivity contribution < 1.29 is 13.7 Å². The zero-order chi connectivity index (χ0) is 17.4. The summed E-state index contributed by atoms with van der Waals surface area (Å²) in [5.74, 6) is 1.66. The van der Waals surface area contributed by atoms with Crippen molar-refractivity contribution in [3.8, 4) is 0 Å². The van der Waals surface area contributed by atoms with Crippen LogP contribution in [0.25, 0.3) is 22.1 Å². The Hall–Kier alpha value is -3.00. The average molecular weight is 339 g/mol. The number of nitrogens with zero attached hydrogens (tertiary/aromatic N) is 5. The summed E-state index contributed by atoms with van der Waals surface area (Å²) in [6.07, 6.45) is 1.31. The number of aromatic nitrogens is 4. The molecule has 0 spiro atoms. The quantitative estimate of drug-likeness (QED) is 0.548. The van der Waals surface area contributed by atoms with E-state index in [1.807, 2.05) is 43.1 Å². The lowest BCUT2D eigenvalue weighted by Crippen LogP contribution is -2.18. The van der Waals surface area contributed by atoms with E-state index in [1.165, 1.54) is 6.33 Å². The Morgan fingerprint density at radius 1 is 1.24 bits per heavy atom. The molecule has 1 aromatic carbocycles. The van der Waals surface area contributed by atoms with Crippen LogP contribution in [0.2, 0.25) is 0 Å². The van der Waals surface area contributed by atoms with Crippen molar-refractivity contribution in [2.24, 2.45) is 0 Å². The Morgan fingerprint density at radius 3 is 2.92 bits per heavy atom. The summed E-state index contributed by atoms with van der Waals surface area (Å²) in [6.45, 7) is 2.26. The molecular formula is C17H17N5O3. The van der Waals surface area contributed by atoms with Gasteiger partial charge in [0.05, 0.1) is 6.54 Å². The molecule has 4 rings (SSSR count). The van der Waals surface area contributed by atoms with Gasteiger partial charge in [-0.25, -0.2) is 9.97 Å². The second-order valence-electron chi connectivity index (χ2n) is 5.75. The number of ether oxygens (including phenoxy) is 1. The molecule has 25 heavy (non-hydrogen) atoms. The topological polar surface area (TPSA) is 90.3 Å². The first-order valence-electron chi connectivity index (χ1n) is 7.86. The van der Waals surface area contributed by atoms with E-state index in [4.69, 9.17) is 13.7 Å². The fourth-order valence-electron chi connectivity index (χ4n) is 2.66. The zero-order valence-electron chi connectivity index (χ0n) is 14.1. The standard InChI is InChI=1S/C17H17N5O3/c1-10(23-3)16-20-13(25-21-16)8-22(2)17-15-14(18-9-19-17)11-6-4-5-7-12(11)24-15/h4-7,9-10H,8H2,1-3H3. The molecule has 1 atom stereocenters. The molecule has 8 heteroatoms. The smallest absolute Gasteiger partial charge is 0.246 e. The van der Waals surface area contributed by atoms with Crippen LogP contribution < -0.4 is 4.90 Å². The van der Waals surface area contributed by atoms with Crippen LogP contribution in [0.5, 0.6) is 0 Å². The third-order valence-corrected chi connectivity index (χ3v) is 4.07. The van der Waals surface area contributed by atoms with Gasteiger partial charge >= 0.3 is 0 Å². The Morgan fingerprint density at radius 2 is 2.08 bits per heavy atom. The third kappa shape index (κ3) is 2.70. The maximum absolute atomic E-state index is 5.95. The molecule has 3 heterocycles. The van der Waals surface area contributed by atoms with E-state index in [1.54, 1.807) is 7.11 Å². The van der Waals surface area contributed by atoms with Gasteiger partial charge in [-0.3, -0.25) is 0 Å². The van der Waals surface area contributed by atoms with Crippen LogP contribution in [-0.2, 0) is 11.3 Å². The monoisotopic (exact) mass is 339 g/mol. The minimum Gasteiger partial charge on any atom is -0.450 e. The zero-order valence-corrected chi connectivity index (χ0v) is 14.1. The Bertz CT molecular complexity index is 1030. The van der Waals surface area contributed by atoms with Crippen LogP contribution in [0, 0.1) is 0 Å². The van der Waals surface area contributed by atoms with Crippen molar-refractivity contribution in [2.75, 3.05) is 19.1 Å². The van der Waals surface area contributed by atoms with Crippen LogP contribution in [0.1, 0.15) is 24.7 Å². The van der Waals surface area contributed by atoms with E-state index in [-0.39, 0.29) is 6.10 Å². The second kappa shape index (κ2) is 6.14. The largest absolute Gasteiger partial charge is 0.450 e. The lowest BCUT2D eigenvalue weighted by atomic mass is 10.2. The molecule has 0 amide bonds. The van der Waals surface area contributed by atoms with Gasteiger partial charge in [0.2, 0.25) is 5.89 Å². The summed E-state index contributed by atoms with van der Waals surface area (Å²) in [6, 6.07) is 7.78. The average Bonchev–Trinajstić information content (AvgIpc) is 3.25. The van der Waals surface area contributed by atoms with Gasteiger partial charge < -0.3 is 18.6 Å².